The first-order valence-corrected chi connectivity index (χ1v) is 7.18. The molecular formula is C14H24N2O6. The number of rotatable bonds is 4. The van der Waals surface area contributed by atoms with Crippen molar-refractivity contribution in [3.8, 4) is 0 Å². The predicted octanol–water partition coefficient (Wildman–Crippen LogP) is 0.0360. The van der Waals surface area contributed by atoms with Crippen molar-refractivity contribution in [2.45, 2.75) is 51.3 Å². The molecular weight excluding hydrogens is 292 g/mol. The van der Waals surface area contributed by atoms with E-state index in [9.17, 15) is 14.4 Å². The molecule has 1 fully saturated rings. The highest BCUT2D eigenvalue weighted by Gasteiger charge is 2.37. The van der Waals surface area contributed by atoms with Crippen LogP contribution in [-0.4, -0.2) is 65.9 Å². The highest BCUT2D eigenvalue weighted by Crippen LogP contribution is 2.21. The number of likely N-dealkylation sites (tertiary alicyclic amines) is 1. The number of nitrogens with zero attached hydrogens (tertiary/aromatic N) is 1. The summed E-state index contributed by atoms with van der Waals surface area (Å²) in [4.78, 5) is 37.1. The molecule has 0 aliphatic carbocycles. The number of carbonyl (C=O) groups excluding carboxylic acids is 3. The van der Waals surface area contributed by atoms with Gasteiger partial charge in [0, 0.05) is 6.54 Å². The van der Waals surface area contributed by atoms with Gasteiger partial charge in [0.25, 0.3) is 0 Å². The van der Waals surface area contributed by atoms with E-state index in [-0.39, 0.29) is 0 Å². The number of carbonyl (C=O) groups is 3. The van der Waals surface area contributed by atoms with Gasteiger partial charge in [-0.05, 0) is 33.6 Å². The van der Waals surface area contributed by atoms with Gasteiger partial charge in [0.1, 0.15) is 11.6 Å². The Kier molecular flexibility index (Phi) is 6.16. The number of aliphatic hydroxyl groups excluding tert-OH is 1. The second kappa shape index (κ2) is 7.44. The third-order valence-corrected chi connectivity index (χ3v) is 3.17. The van der Waals surface area contributed by atoms with Gasteiger partial charge in [-0.1, -0.05) is 0 Å². The normalized spacial score (nSPS) is 19.5. The number of nitrogens with one attached hydrogen (secondary N) is 1. The lowest BCUT2D eigenvalue weighted by molar-refractivity contribution is -0.146. The lowest BCUT2D eigenvalue weighted by atomic mass is 10.2. The van der Waals surface area contributed by atoms with Crippen LogP contribution in [0, 0.1) is 0 Å². The fourth-order valence-corrected chi connectivity index (χ4v) is 2.17. The number of ether oxygens (including phenoxy) is 2. The minimum Gasteiger partial charge on any atom is -0.467 e. The van der Waals surface area contributed by atoms with Crippen molar-refractivity contribution >= 4 is 18.0 Å². The van der Waals surface area contributed by atoms with E-state index in [1.54, 1.807) is 20.8 Å². The molecule has 2 atom stereocenters. The summed E-state index contributed by atoms with van der Waals surface area (Å²) in [5, 5.41) is 11.5. The minimum atomic E-state index is -1.14. The highest BCUT2D eigenvalue weighted by atomic mass is 16.6. The second-order valence-electron chi connectivity index (χ2n) is 6.10. The van der Waals surface area contributed by atoms with Crippen LogP contribution in [0.3, 0.4) is 0 Å². The van der Waals surface area contributed by atoms with Crippen LogP contribution in [0.4, 0.5) is 4.79 Å². The SMILES string of the molecule is COC(=O)[C@H](CO)NC(=O)[C@H]1CCCN1C(=O)OC(C)(C)C. The third kappa shape index (κ3) is 4.87. The molecule has 0 radical (unpaired) electrons. The van der Waals surface area contributed by atoms with Crippen molar-refractivity contribution in [3.63, 3.8) is 0 Å². The van der Waals surface area contributed by atoms with Crippen LogP contribution < -0.4 is 5.32 Å². The lowest BCUT2D eigenvalue weighted by Crippen LogP contribution is -2.52. The van der Waals surface area contributed by atoms with Crippen molar-refractivity contribution in [1.82, 2.24) is 10.2 Å². The number of hydrogen-bond acceptors (Lipinski definition) is 6. The summed E-state index contributed by atoms with van der Waals surface area (Å²) in [5.41, 5.74) is -0.652. The molecule has 8 nitrogen and oxygen atoms in total. The van der Waals surface area contributed by atoms with Gasteiger partial charge in [-0.15, -0.1) is 0 Å². The summed E-state index contributed by atoms with van der Waals surface area (Å²) in [6.45, 7) is 5.08. The zero-order valence-electron chi connectivity index (χ0n) is 13.4. The largest absolute Gasteiger partial charge is 0.467 e. The Morgan fingerprint density at radius 3 is 2.50 bits per heavy atom. The topological polar surface area (TPSA) is 105 Å². The maximum Gasteiger partial charge on any atom is 0.410 e. The van der Waals surface area contributed by atoms with E-state index in [4.69, 9.17) is 9.84 Å². The Labute approximate surface area is 129 Å². The van der Waals surface area contributed by atoms with Gasteiger partial charge in [0.15, 0.2) is 6.04 Å². The van der Waals surface area contributed by atoms with E-state index in [0.717, 1.165) is 0 Å². The Hall–Kier alpha value is -1.83. The molecule has 2 amide bonds. The van der Waals surface area contributed by atoms with Gasteiger partial charge in [0.2, 0.25) is 5.91 Å². The first-order chi connectivity index (χ1) is 10.2. The zero-order valence-corrected chi connectivity index (χ0v) is 13.4. The smallest absolute Gasteiger partial charge is 0.410 e. The number of hydrogen-bond donors (Lipinski definition) is 2. The molecule has 0 aromatic rings. The van der Waals surface area contributed by atoms with Crippen LogP contribution >= 0.6 is 0 Å². The standard InChI is InChI=1S/C14H24N2O6/c1-14(2,3)22-13(20)16-7-5-6-10(16)11(18)15-9(8-17)12(19)21-4/h9-10,17H,5-8H2,1-4H3,(H,15,18)/t9-,10+/m0/s1. The molecule has 1 saturated heterocycles. The van der Waals surface area contributed by atoms with Crippen LogP contribution in [0.15, 0.2) is 0 Å². The quantitative estimate of drug-likeness (QED) is 0.709. The highest BCUT2D eigenvalue weighted by molar-refractivity contribution is 5.90. The van der Waals surface area contributed by atoms with Gasteiger partial charge in [-0.25, -0.2) is 9.59 Å². The summed E-state index contributed by atoms with van der Waals surface area (Å²) in [5.74, 6) is -1.24. The van der Waals surface area contributed by atoms with E-state index in [2.05, 4.69) is 10.1 Å². The van der Waals surface area contributed by atoms with Gasteiger partial charge in [-0.3, -0.25) is 9.69 Å². The zero-order chi connectivity index (χ0) is 16.9. The van der Waals surface area contributed by atoms with E-state index >= 15 is 0 Å². The fourth-order valence-electron chi connectivity index (χ4n) is 2.17. The Balaban J connectivity index is 2.71. The maximum atomic E-state index is 12.2. The molecule has 0 unspecified atom stereocenters. The first-order valence-electron chi connectivity index (χ1n) is 7.18. The molecule has 1 aliphatic rings. The summed E-state index contributed by atoms with van der Waals surface area (Å²) < 4.78 is 9.76. The van der Waals surface area contributed by atoms with Crippen LogP contribution in [-0.2, 0) is 19.1 Å². The molecule has 1 aliphatic heterocycles. The number of amides is 2. The van der Waals surface area contributed by atoms with Gasteiger partial charge in [-0.2, -0.15) is 0 Å². The molecule has 0 spiro atoms. The molecule has 8 heteroatoms. The Morgan fingerprint density at radius 2 is 2.00 bits per heavy atom. The summed E-state index contributed by atoms with van der Waals surface area (Å²) in [7, 11) is 1.17. The molecule has 1 heterocycles. The summed E-state index contributed by atoms with van der Waals surface area (Å²) in [6.07, 6.45) is 0.577. The van der Waals surface area contributed by atoms with Crippen LogP contribution in [0.1, 0.15) is 33.6 Å². The van der Waals surface area contributed by atoms with Crippen LogP contribution in [0.5, 0.6) is 0 Å². The van der Waals surface area contributed by atoms with Crippen molar-refractivity contribution in [2.75, 3.05) is 20.3 Å². The van der Waals surface area contributed by atoms with Crippen molar-refractivity contribution < 1.29 is 29.0 Å². The molecule has 1 rings (SSSR count). The second-order valence-corrected chi connectivity index (χ2v) is 6.10. The Morgan fingerprint density at radius 1 is 1.36 bits per heavy atom. The maximum absolute atomic E-state index is 12.2. The average molecular weight is 316 g/mol. The molecule has 0 bridgehead atoms. The summed E-state index contributed by atoms with van der Waals surface area (Å²) >= 11 is 0. The third-order valence-electron chi connectivity index (χ3n) is 3.17. The van der Waals surface area contributed by atoms with Crippen LogP contribution in [0.25, 0.3) is 0 Å². The van der Waals surface area contributed by atoms with E-state index < -0.39 is 42.3 Å². The van der Waals surface area contributed by atoms with Gasteiger partial charge in [0.05, 0.1) is 13.7 Å². The summed E-state index contributed by atoms with van der Waals surface area (Å²) in [6, 6.07) is -1.85. The van der Waals surface area contributed by atoms with Crippen LogP contribution in [0.2, 0.25) is 0 Å². The fraction of sp³-hybridized carbons (Fsp3) is 0.786. The molecule has 126 valence electrons. The van der Waals surface area contributed by atoms with Crippen molar-refractivity contribution in [2.24, 2.45) is 0 Å². The molecule has 0 aromatic heterocycles. The minimum absolute atomic E-state index is 0.412. The van der Waals surface area contributed by atoms with E-state index in [1.807, 2.05) is 0 Å². The van der Waals surface area contributed by atoms with Gasteiger partial charge >= 0.3 is 12.1 Å². The molecule has 0 saturated carbocycles. The predicted molar refractivity (Wildman–Crippen MR) is 77.0 cm³/mol. The lowest BCUT2D eigenvalue weighted by Gasteiger charge is -2.28. The Bertz CT molecular complexity index is 432. The number of esters is 1. The van der Waals surface area contributed by atoms with E-state index in [1.165, 1.54) is 12.0 Å². The van der Waals surface area contributed by atoms with E-state index in [0.29, 0.717) is 19.4 Å². The molecule has 22 heavy (non-hydrogen) atoms. The average Bonchev–Trinajstić information content (AvgIpc) is 2.91. The monoisotopic (exact) mass is 316 g/mol. The van der Waals surface area contributed by atoms with Crippen molar-refractivity contribution in [1.29, 1.82) is 0 Å². The van der Waals surface area contributed by atoms with Gasteiger partial charge < -0.3 is 19.9 Å². The number of methoxy groups -OCH3 is 1. The van der Waals surface area contributed by atoms with Crippen molar-refractivity contribution in [3.05, 3.63) is 0 Å². The molecule has 0 aromatic carbocycles. The number of aliphatic hydroxyl groups is 1. The molecule has 2 N–H and O–H groups in total. The first kappa shape index (κ1) is 18.2.